The smallest absolute Gasteiger partial charge is 0.305 e. The monoisotopic (exact) mass is 420 g/mol. The van der Waals surface area contributed by atoms with Gasteiger partial charge in [-0.1, -0.05) is 39.0 Å². The van der Waals surface area contributed by atoms with Crippen LogP contribution in [0, 0.1) is 5.92 Å². The van der Waals surface area contributed by atoms with Crippen LogP contribution in [0.25, 0.3) is 0 Å². The second-order valence-corrected chi connectivity index (χ2v) is 14.7. The first-order valence-corrected chi connectivity index (χ1v) is 13.6. The Bertz CT molecular complexity index is 739. The van der Waals surface area contributed by atoms with Gasteiger partial charge in [0.25, 0.3) is 0 Å². The van der Waals surface area contributed by atoms with Crippen LogP contribution in [0.15, 0.2) is 18.2 Å². The van der Waals surface area contributed by atoms with Gasteiger partial charge in [0.15, 0.2) is 8.32 Å². The molecule has 5 nitrogen and oxygen atoms in total. The number of ether oxygens (including phenoxy) is 2. The highest BCUT2D eigenvalue weighted by Gasteiger charge is 2.53. The van der Waals surface area contributed by atoms with Crippen molar-refractivity contribution in [1.29, 1.82) is 0 Å². The van der Waals surface area contributed by atoms with Gasteiger partial charge in [-0.15, -0.1) is 0 Å². The molecule has 0 saturated heterocycles. The standard InChI is InChI=1S/C23H36O5Si/c1-23(2,3)29(5,6)28-18-13-19-21(17(18)14-24)16-11-7-9-15(22(16)27-19)10-8-12-20(25)26-4/h7,9,11,17-19,21,24H,8,10,12-14H2,1-6H3/t17-,18?,19-,21+/m0/s1. The summed E-state index contributed by atoms with van der Waals surface area (Å²) in [6, 6.07) is 6.27. The lowest BCUT2D eigenvalue weighted by atomic mass is 9.87. The number of carbonyl (C=O) groups excluding carboxylic acids is 1. The Kier molecular flexibility index (Phi) is 6.46. The SMILES string of the molecule is COC(=O)CCCc1cccc2c1O[C@H]1CC(O[Si](C)(C)C(C)(C)C)[C@H](CO)[C@@H]21. The summed E-state index contributed by atoms with van der Waals surface area (Å²) in [5.74, 6) is 1.00. The number of benzene rings is 1. The Morgan fingerprint density at radius 1 is 1.31 bits per heavy atom. The molecule has 1 aromatic carbocycles. The van der Waals surface area contributed by atoms with Gasteiger partial charge in [-0.25, -0.2) is 0 Å². The zero-order valence-corrected chi connectivity index (χ0v) is 19.7. The van der Waals surface area contributed by atoms with E-state index in [2.05, 4.69) is 52.1 Å². The highest BCUT2D eigenvalue weighted by Crippen LogP contribution is 2.53. The maximum atomic E-state index is 11.4. The average molecular weight is 421 g/mol. The number of fused-ring (bicyclic) bond motifs is 3. The summed E-state index contributed by atoms with van der Waals surface area (Å²) in [7, 11) is -0.500. The third kappa shape index (κ3) is 4.39. The Balaban J connectivity index is 1.76. The van der Waals surface area contributed by atoms with E-state index in [-0.39, 0.29) is 41.7 Å². The number of methoxy groups -OCH3 is 1. The summed E-state index contributed by atoms with van der Waals surface area (Å²) in [4.78, 5) is 11.4. The van der Waals surface area contributed by atoms with Crippen LogP contribution < -0.4 is 4.74 Å². The van der Waals surface area contributed by atoms with Crippen LogP contribution in [0.2, 0.25) is 18.1 Å². The molecular weight excluding hydrogens is 384 g/mol. The number of esters is 1. The minimum atomic E-state index is -1.92. The molecule has 1 aromatic rings. The van der Waals surface area contributed by atoms with Crippen molar-refractivity contribution in [2.45, 2.75) is 82.7 Å². The first kappa shape index (κ1) is 22.3. The molecule has 6 heteroatoms. The van der Waals surface area contributed by atoms with Crippen LogP contribution in [0.4, 0.5) is 0 Å². The molecule has 0 bridgehead atoms. The van der Waals surface area contributed by atoms with Crippen LogP contribution in [0.1, 0.15) is 57.1 Å². The van der Waals surface area contributed by atoms with Gasteiger partial charge < -0.3 is 19.0 Å². The molecule has 1 aliphatic carbocycles. The van der Waals surface area contributed by atoms with Gasteiger partial charge in [0.05, 0.1) is 13.2 Å². The van der Waals surface area contributed by atoms with Crippen LogP contribution in [-0.2, 0) is 20.4 Å². The number of aliphatic hydroxyl groups is 1. The van der Waals surface area contributed by atoms with Crippen molar-refractivity contribution in [1.82, 2.24) is 0 Å². The lowest BCUT2D eigenvalue weighted by molar-refractivity contribution is -0.140. The molecule has 1 saturated carbocycles. The fraction of sp³-hybridized carbons (Fsp3) is 0.696. The summed E-state index contributed by atoms with van der Waals surface area (Å²) >= 11 is 0. The average Bonchev–Trinajstić information content (AvgIpc) is 3.16. The van der Waals surface area contributed by atoms with Crippen molar-refractivity contribution in [3.05, 3.63) is 29.3 Å². The first-order chi connectivity index (χ1) is 13.6. The molecule has 29 heavy (non-hydrogen) atoms. The van der Waals surface area contributed by atoms with Crippen LogP contribution in [-0.4, -0.2) is 45.3 Å². The number of rotatable bonds is 7. The second kappa shape index (κ2) is 8.40. The maximum Gasteiger partial charge on any atom is 0.305 e. The number of hydrogen-bond donors (Lipinski definition) is 1. The summed E-state index contributed by atoms with van der Waals surface area (Å²) in [6.45, 7) is 11.4. The van der Waals surface area contributed by atoms with E-state index < -0.39 is 8.32 Å². The van der Waals surface area contributed by atoms with Gasteiger partial charge in [-0.05, 0) is 36.5 Å². The Hall–Kier alpha value is -1.37. The summed E-state index contributed by atoms with van der Waals surface area (Å²) in [5.41, 5.74) is 2.32. The highest BCUT2D eigenvalue weighted by atomic mass is 28.4. The third-order valence-electron chi connectivity index (χ3n) is 7.08. The largest absolute Gasteiger partial charge is 0.489 e. The zero-order chi connectivity index (χ0) is 21.4. The lowest BCUT2D eigenvalue weighted by Gasteiger charge is -2.40. The van der Waals surface area contributed by atoms with Gasteiger partial charge in [-0.2, -0.15) is 0 Å². The Morgan fingerprint density at radius 3 is 2.66 bits per heavy atom. The van der Waals surface area contributed by atoms with Crippen molar-refractivity contribution in [2.75, 3.05) is 13.7 Å². The first-order valence-electron chi connectivity index (χ1n) is 10.7. The van der Waals surface area contributed by atoms with Crippen molar-refractivity contribution >= 4 is 14.3 Å². The molecule has 0 spiro atoms. The molecule has 1 aliphatic heterocycles. The molecule has 0 radical (unpaired) electrons. The molecule has 162 valence electrons. The highest BCUT2D eigenvalue weighted by molar-refractivity contribution is 6.74. The maximum absolute atomic E-state index is 11.4. The van der Waals surface area contributed by atoms with E-state index in [1.807, 2.05) is 0 Å². The molecule has 1 heterocycles. The molecule has 3 rings (SSSR count). The van der Waals surface area contributed by atoms with E-state index >= 15 is 0 Å². The number of para-hydroxylation sites is 1. The number of aryl methyl sites for hydroxylation is 1. The van der Waals surface area contributed by atoms with Crippen LogP contribution >= 0.6 is 0 Å². The minimum absolute atomic E-state index is 0.0343. The van der Waals surface area contributed by atoms with Crippen molar-refractivity contribution < 1.29 is 23.8 Å². The number of hydrogen-bond acceptors (Lipinski definition) is 5. The Labute approximate surface area is 175 Å². The van der Waals surface area contributed by atoms with E-state index in [1.54, 1.807) is 0 Å². The summed E-state index contributed by atoms with van der Waals surface area (Å²) < 4.78 is 17.9. The van der Waals surface area contributed by atoms with Crippen molar-refractivity contribution in [3.63, 3.8) is 0 Å². The van der Waals surface area contributed by atoms with E-state index in [4.69, 9.17) is 13.9 Å². The fourth-order valence-corrected chi connectivity index (χ4v) is 5.80. The Morgan fingerprint density at radius 2 is 2.03 bits per heavy atom. The third-order valence-corrected chi connectivity index (χ3v) is 11.6. The lowest BCUT2D eigenvalue weighted by Crippen LogP contribution is -2.45. The second-order valence-electron chi connectivity index (χ2n) is 9.95. The van der Waals surface area contributed by atoms with Gasteiger partial charge in [0.1, 0.15) is 11.9 Å². The molecule has 0 aromatic heterocycles. The summed E-state index contributed by atoms with van der Waals surface area (Å²) in [5, 5.41) is 10.4. The van der Waals surface area contributed by atoms with Gasteiger partial charge in [0.2, 0.25) is 0 Å². The van der Waals surface area contributed by atoms with Crippen LogP contribution in [0.5, 0.6) is 5.75 Å². The van der Waals surface area contributed by atoms with E-state index in [0.29, 0.717) is 6.42 Å². The topological polar surface area (TPSA) is 65.0 Å². The predicted molar refractivity (Wildman–Crippen MR) is 116 cm³/mol. The molecule has 1 N–H and O–H groups in total. The van der Waals surface area contributed by atoms with E-state index in [0.717, 1.165) is 30.6 Å². The van der Waals surface area contributed by atoms with Crippen LogP contribution in [0.3, 0.4) is 0 Å². The zero-order valence-electron chi connectivity index (χ0n) is 18.7. The molecular formula is C23H36O5Si. The minimum Gasteiger partial charge on any atom is -0.489 e. The van der Waals surface area contributed by atoms with Gasteiger partial charge >= 0.3 is 5.97 Å². The van der Waals surface area contributed by atoms with Crippen molar-refractivity contribution in [3.8, 4) is 5.75 Å². The number of carbonyl (C=O) groups is 1. The molecule has 1 unspecified atom stereocenters. The van der Waals surface area contributed by atoms with E-state index in [9.17, 15) is 9.90 Å². The van der Waals surface area contributed by atoms with E-state index in [1.165, 1.54) is 12.7 Å². The molecule has 1 fully saturated rings. The molecule has 0 amide bonds. The normalized spacial score (nSPS) is 26.0. The van der Waals surface area contributed by atoms with Crippen molar-refractivity contribution in [2.24, 2.45) is 5.92 Å². The quantitative estimate of drug-likeness (QED) is 0.522. The van der Waals surface area contributed by atoms with Gasteiger partial charge in [-0.3, -0.25) is 4.79 Å². The molecule has 4 atom stereocenters. The fourth-order valence-electron chi connectivity index (χ4n) is 4.42. The predicted octanol–water partition coefficient (Wildman–Crippen LogP) is 4.43. The molecule has 2 aliphatic rings. The summed E-state index contributed by atoms with van der Waals surface area (Å²) in [6.07, 6.45) is 2.84. The number of aliphatic hydroxyl groups excluding tert-OH is 1. The van der Waals surface area contributed by atoms with Gasteiger partial charge in [0, 0.05) is 36.8 Å².